The van der Waals surface area contributed by atoms with Crippen LogP contribution in [0.1, 0.15) is 44.8 Å². The number of hydrogen-bond donors (Lipinski definition) is 1. The van der Waals surface area contributed by atoms with Crippen molar-refractivity contribution >= 4 is 0 Å². The van der Waals surface area contributed by atoms with E-state index in [0.717, 1.165) is 19.0 Å². The van der Waals surface area contributed by atoms with Gasteiger partial charge in [-0.3, -0.25) is 0 Å². The smallest absolute Gasteiger partial charge is 0.0950 e. The Morgan fingerprint density at radius 1 is 1.56 bits per heavy atom. The molecule has 3 rings (SSSR count). The normalized spacial score (nSPS) is 31.9. The summed E-state index contributed by atoms with van der Waals surface area (Å²) in [5, 5.41) is 3.47. The molecule has 2 unspecified atom stereocenters. The second-order valence-electron chi connectivity index (χ2n) is 5.75. The van der Waals surface area contributed by atoms with Crippen LogP contribution in [0.25, 0.3) is 0 Å². The third kappa shape index (κ3) is 1.58. The first-order valence-electron chi connectivity index (χ1n) is 6.44. The minimum atomic E-state index is 0.291. The van der Waals surface area contributed by atoms with Crippen molar-refractivity contribution in [3.63, 3.8) is 0 Å². The molecule has 2 fully saturated rings. The molecule has 0 radical (unpaired) electrons. The summed E-state index contributed by atoms with van der Waals surface area (Å²) in [6, 6.07) is 0.634. The zero-order valence-corrected chi connectivity index (χ0v) is 10.2. The summed E-state index contributed by atoms with van der Waals surface area (Å²) in [7, 11) is 0. The highest BCUT2D eigenvalue weighted by atomic mass is 15.1. The van der Waals surface area contributed by atoms with E-state index in [4.69, 9.17) is 0 Å². The molecule has 1 aliphatic heterocycles. The van der Waals surface area contributed by atoms with E-state index in [0.29, 0.717) is 11.5 Å². The van der Waals surface area contributed by atoms with Gasteiger partial charge in [-0.15, -0.1) is 0 Å². The number of nitrogens with one attached hydrogen (secondary N) is 1. The van der Waals surface area contributed by atoms with Gasteiger partial charge in [0.2, 0.25) is 0 Å². The molecule has 0 aromatic carbocycles. The molecule has 88 valence electrons. The molecule has 2 heterocycles. The van der Waals surface area contributed by atoms with Gasteiger partial charge in [0.25, 0.3) is 0 Å². The van der Waals surface area contributed by atoms with Gasteiger partial charge in [0, 0.05) is 29.9 Å². The van der Waals surface area contributed by atoms with Crippen LogP contribution in [0.2, 0.25) is 0 Å². The van der Waals surface area contributed by atoms with Crippen LogP contribution in [0, 0.1) is 5.92 Å². The largest absolute Gasteiger partial charge is 0.331 e. The van der Waals surface area contributed by atoms with E-state index in [1.807, 2.05) is 6.33 Å². The Bertz CT molecular complexity index is 372. The number of nitrogens with zero attached hydrogens (tertiary/aromatic N) is 2. The van der Waals surface area contributed by atoms with Gasteiger partial charge >= 0.3 is 0 Å². The summed E-state index contributed by atoms with van der Waals surface area (Å²) in [6.45, 7) is 6.93. The van der Waals surface area contributed by atoms with Crippen molar-refractivity contribution in [1.29, 1.82) is 0 Å². The fourth-order valence-corrected chi connectivity index (χ4v) is 2.94. The van der Waals surface area contributed by atoms with Crippen molar-refractivity contribution in [3.8, 4) is 0 Å². The molecule has 1 N–H and O–H groups in total. The Balaban J connectivity index is 1.91. The van der Waals surface area contributed by atoms with Crippen molar-refractivity contribution in [2.24, 2.45) is 5.92 Å². The molecule has 1 aromatic heterocycles. The molecule has 0 amide bonds. The highest BCUT2D eigenvalue weighted by molar-refractivity contribution is 5.18. The van der Waals surface area contributed by atoms with E-state index in [9.17, 15) is 0 Å². The van der Waals surface area contributed by atoms with E-state index in [-0.39, 0.29) is 0 Å². The lowest BCUT2D eigenvalue weighted by Crippen LogP contribution is -2.29. The third-order valence-electron chi connectivity index (χ3n) is 4.40. The maximum absolute atomic E-state index is 4.38. The van der Waals surface area contributed by atoms with Gasteiger partial charge in [-0.1, -0.05) is 6.92 Å². The minimum Gasteiger partial charge on any atom is -0.331 e. The van der Waals surface area contributed by atoms with Crippen LogP contribution in [0.5, 0.6) is 0 Å². The average molecular weight is 219 g/mol. The summed E-state index contributed by atoms with van der Waals surface area (Å²) in [5.74, 6) is 0.894. The van der Waals surface area contributed by atoms with Crippen LogP contribution in [-0.4, -0.2) is 22.6 Å². The number of rotatable bonds is 3. The van der Waals surface area contributed by atoms with E-state index in [1.165, 1.54) is 25.0 Å². The van der Waals surface area contributed by atoms with E-state index >= 15 is 0 Å². The Labute approximate surface area is 97.3 Å². The minimum absolute atomic E-state index is 0.291. The lowest BCUT2D eigenvalue weighted by molar-refractivity contribution is 0.412. The molecular weight excluding hydrogens is 198 g/mol. The summed E-state index contributed by atoms with van der Waals surface area (Å²) in [6.07, 6.45) is 8.13. The van der Waals surface area contributed by atoms with Crippen LogP contribution in [-0.2, 0) is 5.41 Å². The summed E-state index contributed by atoms with van der Waals surface area (Å²) in [4.78, 5) is 4.38. The van der Waals surface area contributed by atoms with Crippen molar-refractivity contribution in [1.82, 2.24) is 14.9 Å². The molecule has 2 atom stereocenters. The molecule has 1 saturated carbocycles. The maximum atomic E-state index is 4.38. The Morgan fingerprint density at radius 3 is 3.00 bits per heavy atom. The second-order valence-corrected chi connectivity index (χ2v) is 5.75. The zero-order chi connectivity index (χ0) is 11.2. The molecule has 3 nitrogen and oxygen atoms in total. The third-order valence-corrected chi connectivity index (χ3v) is 4.40. The first kappa shape index (κ1) is 10.3. The van der Waals surface area contributed by atoms with E-state index in [1.54, 1.807) is 0 Å². The predicted octanol–water partition coefficient (Wildman–Crippen LogP) is 2.11. The maximum Gasteiger partial charge on any atom is 0.0950 e. The van der Waals surface area contributed by atoms with E-state index in [2.05, 4.69) is 34.9 Å². The predicted molar refractivity (Wildman–Crippen MR) is 64.5 cm³/mol. The Morgan fingerprint density at radius 2 is 2.38 bits per heavy atom. The standard InChI is InChI=1S/C13H21N3/c1-10(11-3-4-11)16-9-15-7-12(16)13(2)5-6-14-8-13/h7,9-11,14H,3-6,8H2,1-2H3. The molecular formula is C13H21N3. The van der Waals surface area contributed by atoms with Crippen molar-refractivity contribution in [3.05, 3.63) is 18.2 Å². The van der Waals surface area contributed by atoms with Gasteiger partial charge in [-0.05, 0) is 38.6 Å². The molecule has 1 saturated heterocycles. The fraction of sp³-hybridized carbons (Fsp3) is 0.769. The molecule has 1 aromatic rings. The topological polar surface area (TPSA) is 29.9 Å². The van der Waals surface area contributed by atoms with Crippen LogP contribution < -0.4 is 5.32 Å². The van der Waals surface area contributed by atoms with Gasteiger partial charge in [0.15, 0.2) is 0 Å². The van der Waals surface area contributed by atoms with Gasteiger partial charge in [-0.2, -0.15) is 0 Å². The fourth-order valence-electron chi connectivity index (χ4n) is 2.94. The molecule has 1 aliphatic carbocycles. The summed E-state index contributed by atoms with van der Waals surface area (Å²) >= 11 is 0. The second kappa shape index (κ2) is 3.59. The van der Waals surface area contributed by atoms with Crippen LogP contribution in [0.3, 0.4) is 0 Å². The van der Waals surface area contributed by atoms with Gasteiger partial charge in [-0.25, -0.2) is 4.98 Å². The molecule has 2 aliphatic rings. The Kier molecular flexibility index (Phi) is 2.32. The molecule has 0 bridgehead atoms. The SMILES string of the molecule is CC(C1CC1)n1cncc1C1(C)CCNC1. The highest BCUT2D eigenvalue weighted by Gasteiger charge is 2.36. The summed E-state index contributed by atoms with van der Waals surface area (Å²) in [5.41, 5.74) is 1.72. The molecule has 0 spiro atoms. The van der Waals surface area contributed by atoms with Crippen molar-refractivity contribution in [2.45, 2.75) is 44.6 Å². The van der Waals surface area contributed by atoms with Crippen LogP contribution >= 0.6 is 0 Å². The van der Waals surface area contributed by atoms with Gasteiger partial charge in [0.05, 0.1) is 6.33 Å². The lowest BCUT2D eigenvalue weighted by Gasteiger charge is -2.27. The van der Waals surface area contributed by atoms with Crippen LogP contribution in [0.4, 0.5) is 0 Å². The van der Waals surface area contributed by atoms with Gasteiger partial charge < -0.3 is 9.88 Å². The van der Waals surface area contributed by atoms with E-state index < -0.39 is 0 Å². The van der Waals surface area contributed by atoms with Crippen molar-refractivity contribution < 1.29 is 0 Å². The highest BCUT2D eigenvalue weighted by Crippen LogP contribution is 2.41. The van der Waals surface area contributed by atoms with Crippen LogP contribution in [0.15, 0.2) is 12.5 Å². The Hall–Kier alpha value is -0.830. The number of aromatic nitrogens is 2. The number of imidazole rings is 1. The monoisotopic (exact) mass is 219 g/mol. The molecule has 3 heteroatoms. The zero-order valence-electron chi connectivity index (χ0n) is 10.2. The molecule has 16 heavy (non-hydrogen) atoms. The van der Waals surface area contributed by atoms with Crippen molar-refractivity contribution in [2.75, 3.05) is 13.1 Å². The summed E-state index contributed by atoms with van der Waals surface area (Å²) < 4.78 is 2.42. The average Bonchev–Trinajstić information content (AvgIpc) is 2.83. The lowest BCUT2D eigenvalue weighted by atomic mass is 9.86. The first-order chi connectivity index (χ1) is 7.71. The first-order valence-corrected chi connectivity index (χ1v) is 6.44. The quantitative estimate of drug-likeness (QED) is 0.843. The number of hydrogen-bond acceptors (Lipinski definition) is 2. The van der Waals surface area contributed by atoms with Gasteiger partial charge in [0.1, 0.15) is 0 Å².